The van der Waals surface area contributed by atoms with Crippen LogP contribution < -0.4 is 10.1 Å². The van der Waals surface area contributed by atoms with Gasteiger partial charge in [0.25, 0.3) is 0 Å². The van der Waals surface area contributed by atoms with E-state index in [1.165, 1.54) is 5.56 Å². The van der Waals surface area contributed by atoms with Gasteiger partial charge >= 0.3 is 0 Å². The summed E-state index contributed by atoms with van der Waals surface area (Å²) in [5.74, 6) is 0.939. The van der Waals surface area contributed by atoms with Crippen molar-refractivity contribution < 1.29 is 4.74 Å². The molecule has 1 unspecified atom stereocenters. The minimum absolute atomic E-state index is 0.183. The average Bonchev–Trinajstić information content (AvgIpc) is 2.30. The highest BCUT2D eigenvalue weighted by Gasteiger charge is 2.30. The molecule has 0 amide bonds. The van der Waals surface area contributed by atoms with Crippen LogP contribution in [-0.2, 0) is 0 Å². The van der Waals surface area contributed by atoms with Gasteiger partial charge in [-0.2, -0.15) is 0 Å². The standard InChI is InChI=1S/C14H22BrNO/c1-6-14(2,3)13(16-4)11-9-10(15)7-8-12(11)17-5/h7-9,13,16H,6H2,1-5H3. The molecule has 0 saturated heterocycles. The molecule has 0 fully saturated rings. The Balaban J connectivity index is 3.23. The second-order valence-electron chi connectivity index (χ2n) is 4.95. The molecule has 1 aromatic rings. The Morgan fingerprint density at radius 3 is 2.53 bits per heavy atom. The molecule has 1 rings (SSSR count). The molecule has 0 radical (unpaired) electrons. The van der Waals surface area contributed by atoms with Gasteiger partial charge in [-0.05, 0) is 37.1 Å². The highest BCUT2D eigenvalue weighted by Crippen LogP contribution is 2.40. The summed E-state index contributed by atoms with van der Waals surface area (Å²) < 4.78 is 6.55. The summed E-state index contributed by atoms with van der Waals surface area (Å²) in [6, 6.07) is 6.43. The van der Waals surface area contributed by atoms with Crippen LogP contribution in [0.1, 0.15) is 38.8 Å². The van der Waals surface area contributed by atoms with Crippen molar-refractivity contribution in [2.75, 3.05) is 14.2 Å². The van der Waals surface area contributed by atoms with Crippen LogP contribution in [0.2, 0.25) is 0 Å². The molecule has 2 nitrogen and oxygen atoms in total. The van der Waals surface area contributed by atoms with E-state index in [0.29, 0.717) is 0 Å². The maximum atomic E-state index is 5.46. The van der Waals surface area contributed by atoms with Crippen molar-refractivity contribution in [3.05, 3.63) is 28.2 Å². The Hall–Kier alpha value is -0.540. The van der Waals surface area contributed by atoms with Gasteiger partial charge in [-0.25, -0.2) is 0 Å². The van der Waals surface area contributed by atoms with E-state index in [4.69, 9.17) is 4.74 Å². The molecular formula is C14H22BrNO. The van der Waals surface area contributed by atoms with Crippen LogP contribution in [0.15, 0.2) is 22.7 Å². The average molecular weight is 300 g/mol. The molecule has 0 spiro atoms. The molecule has 0 bridgehead atoms. The van der Waals surface area contributed by atoms with Crippen molar-refractivity contribution in [3.63, 3.8) is 0 Å². The summed E-state index contributed by atoms with van der Waals surface area (Å²) in [6.07, 6.45) is 1.11. The summed E-state index contributed by atoms with van der Waals surface area (Å²) in [5.41, 5.74) is 1.39. The van der Waals surface area contributed by atoms with E-state index < -0.39 is 0 Å². The quantitative estimate of drug-likeness (QED) is 0.882. The predicted molar refractivity (Wildman–Crippen MR) is 76.6 cm³/mol. The van der Waals surface area contributed by atoms with Crippen molar-refractivity contribution in [3.8, 4) is 5.75 Å². The summed E-state index contributed by atoms with van der Waals surface area (Å²) in [6.45, 7) is 6.76. The first-order chi connectivity index (χ1) is 7.96. The largest absolute Gasteiger partial charge is 0.496 e. The Morgan fingerprint density at radius 1 is 1.41 bits per heavy atom. The number of ether oxygens (including phenoxy) is 1. The summed E-state index contributed by atoms with van der Waals surface area (Å²) in [7, 11) is 3.72. The van der Waals surface area contributed by atoms with E-state index in [9.17, 15) is 0 Å². The van der Waals surface area contributed by atoms with E-state index in [-0.39, 0.29) is 11.5 Å². The molecule has 0 aromatic heterocycles. The predicted octanol–water partition coefficient (Wildman–Crippen LogP) is 4.15. The fraction of sp³-hybridized carbons (Fsp3) is 0.571. The molecule has 0 aliphatic rings. The number of benzene rings is 1. The SMILES string of the molecule is CCC(C)(C)C(NC)c1cc(Br)ccc1OC. The van der Waals surface area contributed by atoms with Crippen LogP contribution in [0.25, 0.3) is 0 Å². The smallest absolute Gasteiger partial charge is 0.123 e. The summed E-state index contributed by atoms with van der Waals surface area (Å²) in [4.78, 5) is 0. The first-order valence-electron chi connectivity index (χ1n) is 5.97. The lowest BCUT2D eigenvalue weighted by Crippen LogP contribution is -2.31. The van der Waals surface area contributed by atoms with Crippen LogP contribution in [0, 0.1) is 5.41 Å². The maximum Gasteiger partial charge on any atom is 0.123 e. The van der Waals surface area contributed by atoms with Gasteiger partial charge in [0.05, 0.1) is 7.11 Å². The monoisotopic (exact) mass is 299 g/mol. The lowest BCUT2D eigenvalue weighted by molar-refractivity contribution is 0.239. The van der Waals surface area contributed by atoms with Gasteiger partial charge in [-0.3, -0.25) is 0 Å². The number of methoxy groups -OCH3 is 1. The van der Waals surface area contributed by atoms with Crippen molar-refractivity contribution in [1.82, 2.24) is 5.32 Å². The normalized spacial score (nSPS) is 13.5. The number of nitrogens with one attached hydrogen (secondary N) is 1. The first kappa shape index (κ1) is 14.5. The number of hydrogen-bond donors (Lipinski definition) is 1. The Morgan fingerprint density at radius 2 is 2.06 bits per heavy atom. The van der Waals surface area contributed by atoms with E-state index in [1.54, 1.807) is 7.11 Å². The summed E-state index contributed by atoms with van der Waals surface area (Å²) >= 11 is 3.53. The molecule has 0 aliphatic heterocycles. The molecule has 1 N–H and O–H groups in total. The van der Waals surface area contributed by atoms with Crippen molar-refractivity contribution in [2.45, 2.75) is 33.2 Å². The van der Waals surface area contributed by atoms with E-state index in [0.717, 1.165) is 16.6 Å². The van der Waals surface area contributed by atoms with Gasteiger partial charge in [0.2, 0.25) is 0 Å². The Labute approximate surface area is 113 Å². The van der Waals surface area contributed by atoms with E-state index in [2.05, 4.69) is 48.1 Å². The number of hydrogen-bond acceptors (Lipinski definition) is 2. The van der Waals surface area contributed by atoms with Crippen LogP contribution >= 0.6 is 15.9 Å². The highest BCUT2D eigenvalue weighted by molar-refractivity contribution is 9.10. The Bertz CT molecular complexity index is 376. The zero-order valence-electron chi connectivity index (χ0n) is 11.3. The Kier molecular flexibility index (Phi) is 5.02. The third-order valence-electron chi connectivity index (χ3n) is 3.48. The molecule has 0 heterocycles. The van der Waals surface area contributed by atoms with Crippen molar-refractivity contribution in [2.24, 2.45) is 5.41 Å². The molecule has 96 valence electrons. The molecule has 3 heteroatoms. The fourth-order valence-electron chi connectivity index (χ4n) is 2.10. The fourth-order valence-corrected chi connectivity index (χ4v) is 2.48. The molecule has 17 heavy (non-hydrogen) atoms. The van der Waals surface area contributed by atoms with Gasteiger partial charge in [0, 0.05) is 16.1 Å². The second-order valence-corrected chi connectivity index (χ2v) is 5.87. The van der Waals surface area contributed by atoms with Crippen LogP contribution in [0.5, 0.6) is 5.75 Å². The summed E-state index contributed by atoms with van der Waals surface area (Å²) in [5, 5.41) is 3.41. The number of rotatable bonds is 5. The van der Waals surface area contributed by atoms with Crippen LogP contribution in [-0.4, -0.2) is 14.2 Å². The first-order valence-corrected chi connectivity index (χ1v) is 6.76. The minimum Gasteiger partial charge on any atom is -0.496 e. The molecule has 0 aliphatic carbocycles. The molecule has 0 saturated carbocycles. The maximum absolute atomic E-state index is 5.46. The van der Waals surface area contributed by atoms with Crippen molar-refractivity contribution in [1.29, 1.82) is 0 Å². The lowest BCUT2D eigenvalue weighted by atomic mass is 9.78. The second kappa shape index (κ2) is 5.87. The third-order valence-corrected chi connectivity index (χ3v) is 3.98. The number of halogens is 1. The molecule has 1 aromatic carbocycles. The zero-order chi connectivity index (χ0) is 13.1. The zero-order valence-corrected chi connectivity index (χ0v) is 12.9. The van der Waals surface area contributed by atoms with Crippen molar-refractivity contribution >= 4 is 15.9 Å². The minimum atomic E-state index is 0.183. The molecular weight excluding hydrogens is 278 g/mol. The van der Waals surface area contributed by atoms with Gasteiger partial charge in [0.1, 0.15) is 5.75 Å². The van der Waals surface area contributed by atoms with E-state index in [1.807, 2.05) is 19.2 Å². The van der Waals surface area contributed by atoms with Gasteiger partial charge in [-0.1, -0.05) is 36.7 Å². The lowest BCUT2D eigenvalue weighted by Gasteiger charge is -2.34. The van der Waals surface area contributed by atoms with Crippen LogP contribution in [0.4, 0.5) is 0 Å². The van der Waals surface area contributed by atoms with Crippen LogP contribution in [0.3, 0.4) is 0 Å². The van der Waals surface area contributed by atoms with Gasteiger partial charge in [-0.15, -0.1) is 0 Å². The highest BCUT2D eigenvalue weighted by atomic mass is 79.9. The third kappa shape index (κ3) is 3.23. The van der Waals surface area contributed by atoms with Gasteiger partial charge in [0.15, 0.2) is 0 Å². The van der Waals surface area contributed by atoms with E-state index >= 15 is 0 Å². The van der Waals surface area contributed by atoms with Gasteiger partial charge < -0.3 is 10.1 Å². The topological polar surface area (TPSA) is 21.3 Å². The molecule has 1 atom stereocenters.